The third kappa shape index (κ3) is 5.23. The Morgan fingerprint density at radius 1 is 1.14 bits per heavy atom. The van der Waals surface area contributed by atoms with Crippen LogP contribution in [-0.4, -0.2) is 43.0 Å². The van der Waals surface area contributed by atoms with Gasteiger partial charge in [0, 0.05) is 13.1 Å². The molecule has 28 heavy (non-hydrogen) atoms. The second kappa shape index (κ2) is 9.70. The number of amides is 1. The van der Waals surface area contributed by atoms with Crippen LogP contribution in [0.15, 0.2) is 36.4 Å². The second-order valence-corrected chi connectivity index (χ2v) is 8.45. The number of aryl methyl sites for hydroxylation is 2. The summed E-state index contributed by atoms with van der Waals surface area (Å²) in [6.07, 6.45) is 0.366. The molecular weight excluding hydrogens is 413 g/mol. The lowest BCUT2D eigenvalue weighted by molar-refractivity contribution is -0.118. The summed E-state index contributed by atoms with van der Waals surface area (Å²) < 4.78 is 0.992. The molecule has 0 bridgehead atoms. The van der Waals surface area contributed by atoms with Crippen LogP contribution in [0.3, 0.4) is 0 Å². The minimum Gasteiger partial charge on any atom is -0.308 e. The largest absolute Gasteiger partial charge is 0.308 e. The predicted octanol–water partition coefficient (Wildman–Crippen LogP) is 5.13. The molecule has 1 heterocycles. The van der Waals surface area contributed by atoms with E-state index in [9.17, 15) is 4.79 Å². The number of thiazole rings is 1. The molecule has 1 amide bonds. The van der Waals surface area contributed by atoms with E-state index in [1.807, 2.05) is 46.1 Å². The summed E-state index contributed by atoms with van der Waals surface area (Å²) in [5.41, 5.74) is 4.12. The lowest BCUT2D eigenvalue weighted by Gasteiger charge is -2.22. The zero-order valence-corrected chi connectivity index (χ0v) is 18.9. The number of aromatic nitrogens is 1. The summed E-state index contributed by atoms with van der Waals surface area (Å²) >= 11 is 7.79. The minimum atomic E-state index is 0. The van der Waals surface area contributed by atoms with Crippen LogP contribution in [0.5, 0.6) is 0 Å². The normalized spacial score (nSPS) is 10.9. The monoisotopic (exact) mass is 437 g/mol. The van der Waals surface area contributed by atoms with E-state index < -0.39 is 0 Å². The van der Waals surface area contributed by atoms with Gasteiger partial charge in [-0.05, 0) is 51.2 Å². The third-order valence-electron chi connectivity index (χ3n) is 4.51. The highest BCUT2D eigenvalue weighted by Gasteiger charge is 2.21. The maximum atomic E-state index is 13.2. The lowest BCUT2D eigenvalue weighted by Crippen LogP contribution is -2.37. The van der Waals surface area contributed by atoms with Crippen LogP contribution in [0.2, 0.25) is 5.02 Å². The number of fused-ring (bicyclic) bond motifs is 1. The van der Waals surface area contributed by atoms with Crippen molar-refractivity contribution in [2.45, 2.75) is 20.3 Å². The number of rotatable bonds is 6. The maximum Gasteiger partial charge on any atom is 0.233 e. The van der Waals surface area contributed by atoms with Gasteiger partial charge in [0.2, 0.25) is 5.91 Å². The number of benzene rings is 2. The fourth-order valence-electron chi connectivity index (χ4n) is 2.89. The SMILES string of the molecule is Cc1ccc(C)c(CC(=O)N(CCN(C)C)c2nc3c(Cl)cccc3s2)c1.Cl. The van der Waals surface area contributed by atoms with Gasteiger partial charge in [-0.3, -0.25) is 9.69 Å². The number of carbonyl (C=O) groups excluding carboxylic acids is 1. The quantitative estimate of drug-likeness (QED) is 0.536. The highest BCUT2D eigenvalue weighted by Crippen LogP contribution is 2.33. The Bertz CT molecular complexity index is 971. The molecule has 3 rings (SSSR count). The predicted molar refractivity (Wildman–Crippen MR) is 122 cm³/mol. The maximum absolute atomic E-state index is 13.2. The Morgan fingerprint density at radius 2 is 1.89 bits per heavy atom. The Morgan fingerprint density at radius 3 is 2.57 bits per heavy atom. The number of halogens is 2. The van der Waals surface area contributed by atoms with Gasteiger partial charge in [-0.1, -0.05) is 52.8 Å². The summed E-state index contributed by atoms with van der Waals surface area (Å²) in [4.78, 5) is 21.7. The van der Waals surface area contributed by atoms with Crippen LogP contribution in [0.4, 0.5) is 5.13 Å². The molecule has 0 unspecified atom stereocenters. The average molecular weight is 438 g/mol. The Balaban J connectivity index is 0.00000280. The fourth-order valence-corrected chi connectivity index (χ4v) is 4.20. The van der Waals surface area contributed by atoms with Crippen molar-refractivity contribution < 1.29 is 4.79 Å². The summed E-state index contributed by atoms with van der Waals surface area (Å²) in [7, 11) is 4.01. The van der Waals surface area contributed by atoms with Crippen molar-refractivity contribution in [3.8, 4) is 0 Å². The van der Waals surface area contributed by atoms with Crippen molar-refractivity contribution in [3.05, 3.63) is 58.1 Å². The van der Waals surface area contributed by atoms with Gasteiger partial charge in [0.25, 0.3) is 0 Å². The van der Waals surface area contributed by atoms with E-state index >= 15 is 0 Å². The molecule has 4 nitrogen and oxygen atoms in total. The molecule has 0 aliphatic rings. The highest BCUT2D eigenvalue weighted by atomic mass is 35.5. The molecule has 0 saturated carbocycles. The summed E-state index contributed by atoms with van der Waals surface area (Å²) in [6.45, 7) is 5.45. The highest BCUT2D eigenvalue weighted by molar-refractivity contribution is 7.22. The van der Waals surface area contributed by atoms with Crippen LogP contribution in [-0.2, 0) is 11.2 Å². The van der Waals surface area contributed by atoms with E-state index in [-0.39, 0.29) is 18.3 Å². The van der Waals surface area contributed by atoms with E-state index in [0.29, 0.717) is 23.1 Å². The van der Waals surface area contributed by atoms with Gasteiger partial charge in [0.1, 0.15) is 5.52 Å². The van der Waals surface area contributed by atoms with Crippen LogP contribution < -0.4 is 4.90 Å². The van der Waals surface area contributed by atoms with Crippen LogP contribution in [0, 0.1) is 13.8 Å². The molecule has 0 N–H and O–H groups in total. The van der Waals surface area contributed by atoms with Gasteiger partial charge in [-0.15, -0.1) is 12.4 Å². The number of para-hydroxylation sites is 1. The Hall–Kier alpha value is -1.66. The molecule has 150 valence electrons. The first-order valence-corrected chi connectivity index (χ1v) is 10.1. The van der Waals surface area contributed by atoms with E-state index in [4.69, 9.17) is 11.6 Å². The van der Waals surface area contributed by atoms with Crippen molar-refractivity contribution >= 4 is 56.6 Å². The van der Waals surface area contributed by atoms with Gasteiger partial charge in [0.05, 0.1) is 16.1 Å². The summed E-state index contributed by atoms with van der Waals surface area (Å²) in [6, 6.07) is 12.0. The second-order valence-electron chi connectivity index (χ2n) is 7.04. The molecule has 7 heteroatoms. The molecule has 0 atom stereocenters. The zero-order valence-electron chi connectivity index (χ0n) is 16.5. The Labute approximate surface area is 181 Å². The number of carbonyl (C=O) groups is 1. The van der Waals surface area contributed by atoms with Crippen molar-refractivity contribution in [1.29, 1.82) is 0 Å². The van der Waals surface area contributed by atoms with E-state index in [0.717, 1.165) is 33.5 Å². The molecule has 0 aliphatic carbocycles. The van der Waals surface area contributed by atoms with Crippen LogP contribution in [0.1, 0.15) is 16.7 Å². The van der Waals surface area contributed by atoms with Gasteiger partial charge in [0.15, 0.2) is 5.13 Å². The van der Waals surface area contributed by atoms with Crippen LogP contribution in [0.25, 0.3) is 10.2 Å². The summed E-state index contributed by atoms with van der Waals surface area (Å²) in [5, 5.41) is 1.32. The smallest absolute Gasteiger partial charge is 0.233 e. The molecule has 2 aromatic carbocycles. The molecule has 0 aliphatic heterocycles. The van der Waals surface area contributed by atoms with Crippen molar-refractivity contribution in [2.24, 2.45) is 0 Å². The first-order chi connectivity index (χ1) is 12.8. The fraction of sp³-hybridized carbons (Fsp3) is 0.333. The van der Waals surface area contributed by atoms with E-state index in [1.54, 1.807) is 4.90 Å². The third-order valence-corrected chi connectivity index (χ3v) is 5.86. The minimum absolute atomic E-state index is 0. The first-order valence-electron chi connectivity index (χ1n) is 8.91. The molecule has 0 radical (unpaired) electrons. The van der Waals surface area contributed by atoms with Crippen LogP contribution >= 0.6 is 35.3 Å². The van der Waals surface area contributed by atoms with Gasteiger partial charge in [-0.2, -0.15) is 0 Å². The van der Waals surface area contributed by atoms with E-state index in [1.165, 1.54) is 11.3 Å². The van der Waals surface area contributed by atoms with Crippen molar-refractivity contribution in [3.63, 3.8) is 0 Å². The number of nitrogens with zero attached hydrogens (tertiary/aromatic N) is 3. The molecule has 0 fully saturated rings. The zero-order chi connectivity index (χ0) is 19.6. The standard InChI is InChI=1S/C21H24ClN3OS.ClH/c1-14-8-9-15(2)16(12-14)13-19(26)25(11-10-24(3)4)21-23-20-17(22)6-5-7-18(20)27-21;/h5-9,12H,10-11,13H2,1-4H3;1H. The molecule has 3 aromatic rings. The lowest BCUT2D eigenvalue weighted by atomic mass is 10.0. The molecule has 0 spiro atoms. The number of likely N-dealkylation sites (N-methyl/N-ethyl adjacent to an activating group) is 1. The summed E-state index contributed by atoms with van der Waals surface area (Å²) in [5.74, 6) is 0.0562. The number of anilines is 1. The molecule has 1 aromatic heterocycles. The van der Waals surface area contributed by atoms with E-state index in [2.05, 4.69) is 28.1 Å². The molecule has 0 saturated heterocycles. The van der Waals surface area contributed by atoms with Gasteiger partial charge < -0.3 is 4.90 Å². The van der Waals surface area contributed by atoms with Gasteiger partial charge >= 0.3 is 0 Å². The number of hydrogen-bond donors (Lipinski definition) is 0. The van der Waals surface area contributed by atoms with Crippen molar-refractivity contribution in [2.75, 3.05) is 32.1 Å². The topological polar surface area (TPSA) is 36.4 Å². The number of hydrogen-bond acceptors (Lipinski definition) is 4. The Kier molecular flexibility index (Phi) is 7.84. The molecular formula is C21H25Cl2N3OS. The van der Waals surface area contributed by atoms with Crippen molar-refractivity contribution in [1.82, 2.24) is 9.88 Å². The first kappa shape index (κ1) is 22.6. The average Bonchev–Trinajstić information content (AvgIpc) is 3.03. The van der Waals surface area contributed by atoms with Gasteiger partial charge in [-0.25, -0.2) is 4.98 Å².